The number of nitrogens with one attached hydrogen (secondary N) is 1. The van der Waals surface area contributed by atoms with E-state index in [1.54, 1.807) is 0 Å². The Bertz CT molecular complexity index is 757. The molecule has 28 heavy (non-hydrogen) atoms. The Hall–Kier alpha value is -2.31. The van der Waals surface area contributed by atoms with Crippen LogP contribution in [-0.2, 0) is 9.47 Å². The summed E-state index contributed by atoms with van der Waals surface area (Å²) in [6.07, 6.45) is 3.84. The van der Waals surface area contributed by atoms with Gasteiger partial charge in [-0.3, -0.25) is 4.68 Å². The van der Waals surface area contributed by atoms with Gasteiger partial charge in [-0.2, -0.15) is 5.10 Å². The van der Waals surface area contributed by atoms with Crippen LogP contribution in [0.25, 0.3) is 5.57 Å². The molecule has 0 saturated carbocycles. The summed E-state index contributed by atoms with van der Waals surface area (Å²) in [6.45, 7) is 14.5. The number of anilines is 1. The van der Waals surface area contributed by atoms with E-state index in [0.29, 0.717) is 26.4 Å². The minimum absolute atomic E-state index is 0.00877. The Morgan fingerprint density at radius 2 is 1.96 bits per heavy atom. The first-order valence-electron chi connectivity index (χ1n) is 9.96. The van der Waals surface area contributed by atoms with Crippen molar-refractivity contribution in [2.75, 3.05) is 38.8 Å². The standard InChI is InChI=1S/C20H27N3O3.C2H6/c1-14-12-24-7-8-25-15(2)13-26-18-5-6-20(21-4)19(9-18)16(3)17-10-22-23(14)11-17;1-2/h5-6,9-11,14-15,21H,3,7-8,12-13H2,1-2,4H3;1-2H3/t14-,15?;/m0./s1. The molecule has 1 aliphatic rings. The third kappa shape index (κ3) is 5.59. The second-order valence-corrected chi connectivity index (χ2v) is 6.56. The summed E-state index contributed by atoms with van der Waals surface area (Å²) >= 11 is 0. The van der Waals surface area contributed by atoms with E-state index in [1.165, 1.54) is 0 Å². The zero-order chi connectivity index (χ0) is 20.5. The molecule has 1 aromatic carbocycles. The zero-order valence-electron chi connectivity index (χ0n) is 17.7. The molecule has 6 nitrogen and oxygen atoms in total. The van der Waals surface area contributed by atoms with E-state index in [2.05, 4.69) is 23.9 Å². The highest BCUT2D eigenvalue weighted by atomic mass is 16.5. The Balaban J connectivity index is 0.00000136. The highest BCUT2D eigenvalue weighted by Gasteiger charge is 2.14. The molecule has 0 amide bonds. The van der Waals surface area contributed by atoms with E-state index in [4.69, 9.17) is 14.2 Å². The number of aromatic nitrogens is 2. The second-order valence-electron chi connectivity index (χ2n) is 6.56. The molecule has 6 heteroatoms. The van der Waals surface area contributed by atoms with Gasteiger partial charge in [-0.1, -0.05) is 20.4 Å². The summed E-state index contributed by atoms with van der Waals surface area (Å²) in [4.78, 5) is 0. The van der Waals surface area contributed by atoms with Crippen LogP contribution in [0, 0.1) is 0 Å². The first kappa shape index (κ1) is 22.0. The fraction of sp³-hybridized carbons (Fsp3) is 0.500. The average molecular weight is 388 g/mol. The predicted octanol–water partition coefficient (Wildman–Crippen LogP) is 4.39. The molecule has 1 N–H and O–H groups in total. The van der Waals surface area contributed by atoms with E-state index >= 15 is 0 Å². The SMILES string of the molecule is C=C1c2cnn(c2)[C@@H](C)COCCOC(C)COc2ccc(NC)c1c2.CC. The summed E-state index contributed by atoms with van der Waals surface area (Å²) in [5, 5.41) is 7.70. The summed E-state index contributed by atoms with van der Waals surface area (Å²) < 4.78 is 19.3. The maximum atomic E-state index is 5.91. The summed E-state index contributed by atoms with van der Waals surface area (Å²) in [7, 11) is 1.90. The minimum atomic E-state index is -0.00877. The van der Waals surface area contributed by atoms with Crippen LogP contribution in [0.2, 0.25) is 0 Å². The van der Waals surface area contributed by atoms with Crippen molar-refractivity contribution in [2.24, 2.45) is 0 Å². The van der Waals surface area contributed by atoms with Gasteiger partial charge in [0.1, 0.15) is 12.4 Å². The third-order valence-corrected chi connectivity index (χ3v) is 4.46. The lowest BCUT2D eigenvalue weighted by Crippen LogP contribution is -2.21. The van der Waals surface area contributed by atoms with E-state index in [-0.39, 0.29) is 12.1 Å². The molecule has 154 valence electrons. The molecular weight excluding hydrogens is 354 g/mol. The first-order chi connectivity index (χ1) is 13.6. The highest BCUT2D eigenvalue weighted by Crippen LogP contribution is 2.31. The van der Waals surface area contributed by atoms with Crippen molar-refractivity contribution in [3.63, 3.8) is 0 Å². The van der Waals surface area contributed by atoms with Gasteiger partial charge in [-0.05, 0) is 37.6 Å². The smallest absolute Gasteiger partial charge is 0.120 e. The normalized spacial score (nSPS) is 20.5. The first-order valence-corrected chi connectivity index (χ1v) is 9.96. The second kappa shape index (κ2) is 10.9. The van der Waals surface area contributed by atoms with E-state index in [1.807, 2.05) is 63.1 Å². The van der Waals surface area contributed by atoms with Crippen LogP contribution < -0.4 is 10.1 Å². The van der Waals surface area contributed by atoms with Crippen molar-refractivity contribution in [1.29, 1.82) is 0 Å². The number of ether oxygens (including phenoxy) is 3. The van der Waals surface area contributed by atoms with Gasteiger partial charge in [-0.25, -0.2) is 0 Å². The molecule has 2 heterocycles. The monoisotopic (exact) mass is 387 g/mol. The lowest BCUT2D eigenvalue weighted by Gasteiger charge is -2.18. The molecule has 0 saturated heterocycles. The molecule has 0 aliphatic carbocycles. The van der Waals surface area contributed by atoms with Crippen LogP contribution in [0.5, 0.6) is 5.75 Å². The molecule has 1 aliphatic heterocycles. The molecule has 3 rings (SSSR count). The largest absolute Gasteiger partial charge is 0.491 e. The van der Waals surface area contributed by atoms with Gasteiger partial charge < -0.3 is 19.5 Å². The van der Waals surface area contributed by atoms with Crippen LogP contribution in [-0.4, -0.2) is 49.4 Å². The Labute approximate surface area is 168 Å². The number of fused-ring (bicyclic) bond motifs is 4. The zero-order valence-corrected chi connectivity index (χ0v) is 17.7. The lowest BCUT2D eigenvalue weighted by atomic mass is 10.00. The number of hydrogen-bond donors (Lipinski definition) is 1. The number of nitrogens with zero attached hydrogens (tertiary/aromatic N) is 2. The lowest BCUT2D eigenvalue weighted by molar-refractivity contribution is -0.0109. The van der Waals surface area contributed by atoms with Crippen LogP contribution in [0.3, 0.4) is 0 Å². The molecule has 0 spiro atoms. The molecule has 0 radical (unpaired) electrons. The molecule has 4 bridgehead atoms. The number of rotatable bonds is 1. The Morgan fingerprint density at radius 1 is 1.18 bits per heavy atom. The van der Waals surface area contributed by atoms with Gasteiger partial charge >= 0.3 is 0 Å². The van der Waals surface area contributed by atoms with Crippen LogP contribution in [0.4, 0.5) is 5.69 Å². The van der Waals surface area contributed by atoms with Crippen molar-refractivity contribution in [3.05, 3.63) is 48.3 Å². The third-order valence-electron chi connectivity index (χ3n) is 4.46. The minimum Gasteiger partial charge on any atom is -0.491 e. The Kier molecular flexibility index (Phi) is 8.54. The van der Waals surface area contributed by atoms with Crippen molar-refractivity contribution in [1.82, 2.24) is 9.78 Å². The summed E-state index contributed by atoms with van der Waals surface area (Å²) in [6, 6.07) is 6.11. The molecule has 1 aromatic heterocycles. The number of hydrogen-bond acceptors (Lipinski definition) is 5. The summed E-state index contributed by atoms with van der Waals surface area (Å²) in [5.74, 6) is 0.791. The van der Waals surface area contributed by atoms with Gasteiger partial charge in [0.05, 0.1) is 38.2 Å². The van der Waals surface area contributed by atoms with Gasteiger partial charge in [0.15, 0.2) is 0 Å². The van der Waals surface area contributed by atoms with Gasteiger partial charge in [0.25, 0.3) is 0 Å². The van der Waals surface area contributed by atoms with E-state index in [9.17, 15) is 0 Å². The molecular formula is C22H33N3O3. The van der Waals surface area contributed by atoms with Crippen molar-refractivity contribution in [2.45, 2.75) is 39.8 Å². The van der Waals surface area contributed by atoms with E-state index in [0.717, 1.165) is 28.1 Å². The van der Waals surface area contributed by atoms with Gasteiger partial charge in [-0.15, -0.1) is 0 Å². The molecule has 2 aromatic rings. The summed E-state index contributed by atoms with van der Waals surface area (Å²) in [5.41, 5.74) is 3.87. The maximum Gasteiger partial charge on any atom is 0.120 e. The average Bonchev–Trinajstić information content (AvgIpc) is 3.22. The topological polar surface area (TPSA) is 57.5 Å². The molecule has 0 fully saturated rings. The molecule has 2 atom stereocenters. The van der Waals surface area contributed by atoms with Crippen LogP contribution >= 0.6 is 0 Å². The quantitative estimate of drug-likeness (QED) is 0.787. The van der Waals surface area contributed by atoms with Crippen molar-refractivity contribution in [3.8, 4) is 5.75 Å². The van der Waals surface area contributed by atoms with E-state index < -0.39 is 0 Å². The number of benzene rings is 1. The van der Waals surface area contributed by atoms with Gasteiger partial charge in [0, 0.05) is 30.1 Å². The van der Waals surface area contributed by atoms with Crippen molar-refractivity contribution >= 4 is 11.3 Å². The predicted molar refractivity (Wildman–Crippen MR) is 114 cm³/mol. The molecule has 1 unspecified atom stereocenters. The van der Waals surface area contributed by atoms with Gasteiger partial charge in [0.2, 0.25) is 0 Å². The Morgan fingerprint density at radius 3 is 2.71 bits per heavy atom. The van der Waals surface area contributed by atoms with Crippen LogP contribution in [0.15, 0.2) is 37.2 Å². The van der Waals surface area contributed by atoms with Crippen molar-refractivity contribution < 1.29 is 14.2 Å². The fourth-order valence-corrected chi connectivity index (χ4v) is 2.87. The highest BCUT2D eigenvalue weighted by molar-refractivity contribution is 5.85. The maximum absolute atomic E-state index is 5.91. The fourth-order valence-electron chi connectivity index (χ4n) is 2.87. The van der Waals surface area contributed by atoms with Crippen LogP contribution in [0.1, 0.15) is 44.9 Å².